The van der Waals surface area contributed by atoms with Gasteiger partial charge in [-0.25, -0.2) is 9.59 Å². The fourth-order valence-corrected chi connectivity index (χ4v) is 0.800. The van der Waals surface area contributed by atoms with Crippen molar-refractivity contribution in [1.82, 2.24) is 0 Å². The highest BCUT2D eigenvalue weighted by molar-refractivity contribution is 5.95. The van der Waals surface area contributed by atoms with Gasteiger partial charge in [-0.1, -0.05) is 6.08 Å². The Balaban J connectivity index is 4.59. The molecule has 0 fully saturated rings. The van der Waals surface area contributed by atoms with E-state index in [1.54, 1.807) is 0 Å². The van der Waals surface area contributed by atoms with Gasteiger partial charge in [0.1, 0.15) is 0 Å². The minimum atomic E-state index is -2.14. The number of carbonyl (C=O) groups is 3. The molecule has 0 aromatic rings. The van der Waals surface area contributed by atoms with Gasteiger partial charge < -0.3 is 20.4 Å². The molecule has 0 aliphatic carbocycles. The lowest BCUT2D eigenvalue weighted by molar-refractivity contribution is -0.147. The molecule has 0 aliphatic rings. The summed E-state index contributed by atoms with van der Waals surface area (Å²) in [5.74, 6) is -4.42. The smallest absolute Gasteiger partial charge is 0.337 e. The fraction of sp³-hybridized carbons (Fsp3) is 0.375. The zero-order valence-corrected chi connectivity index (χ0v) is 7.58. The summed E-state index contributed by atoms with van der Waals surface area (Å²) in [7, 11) is 0. The zero-order valence-electron chi connectivity index (χ0n) is 7.58. The second kappa shape index (κ2) is 5.76. The van der Waals surface area contributed by atoms with Crippen LogP contribution in [0, 0.1) is 0 Å². The maximum Gasteiger partial charge on any atom is 0.337 e. The molecule has 0 aliphatic heterocycles. The number of carboxylic acids is 3. The molecule has 4 N–H and O–H groups in total. The minimum absolute atomic E-state index is 0.151. The standard InChI is InChI=1S/C8H10O7/c9-5(10)3-1-2-4(7(12)13)6(11)8(14)15/h2,6,11H,1,3H2,(H,9,10)(H,12,13)(H,14,15)/t6-/m1/s1. The first-order valence-corrected chi connectivity index (χ1v) is 3.92. The summed E-state index contributed by atoms with van der Waals surface area (Å²) in [6.07, 6.45) is -1.74. The van der Waals surface area contributed by atoms with Crippen LogP contribution in [0.15, 0.2) is 11.6 Å². The highest BCUT2D eigenvalue weighted by Crippen LogP contribution is 2.06. The molecule has 7 heteroatoms. The van der Waals surface area contributed by atoms with Crippen LogP contribution in [0.25, 0.3) is 0 Å². The van der Waals surface area contributed by atoms with Crippen molar-refractivity contribution in [3.63, 3.8) is 0 Å². The van der Waals surface area contributed by atoms with E-state index in [0.717, 1.165) is 6.08 Å². The quantitative estimate of drug-likeness (QED) is 0.433. The number of allylic oxidation sites excluding steroid dienone is 1. The van der Waals surface area contributed by atoms with Crippen LogP contribution in [-0.2, 0) is 14.4 Å². The van der Waals surface area contributed by atoms with Gasteiger partial charge >= 0.3 is 17.9 Å². The molecule has 84 valence electrons. The van der Waals surface area contributed by atoms with Crippen molar-refractivity contribution >= 4 is 17.9 Å². The molecule has 7 nitrogen and oxygen atoms in total. The van der Waals surface area contributed by atoms with Gasteiger partial charge in [0.15, 0.2) is 6.10 Å². The zero-order chi connectivity index (χ0) is 12.0. The number of aliphatic carboxylic acids is 3. The molecule has 0 bridgehead atoms. The first-order valence-electron chi connectivity index (χ1n) is 3.92. The maximum absolute atomic E-state index is 10.5. The summed E-state index contributed by atoms with van der Waals surface area (Å²) >= 11 is 0. The molecule has 0 aromatic heterocycles. The summed E-state index contributed by atoms with van der Waals surface area (Å²) in [6, 6.07) is 0. The molecule has 0 radical (unpaired) electrons. The third-order valence-corrected chi connectivity index (χ3v) is 1.50. The number of aliphatic hydroxyl groups excluding tert-OH is 1. The van der Waals surface area contributed by atoms with E-state index < -0.39 is 29.6 Å². The van der Waals surface area contributed by atoms with E-state index in [1.807, 2.05) is 0 Å². The van der Waals surface area contributed by atoms with Crippen molar-refractivity contribution in [1.29, 1.82) is 0 Å². The molecule has 0 aromatic carbocycles. The van der Waals surface area contributed by atoms with Crippen LogP contribution in [0.5, 0.6) is 0 Å². The minimum Gasteiger partial charge on any atom is -0.481 e. The van der Waals surface area contributed by atoms with Crippen LogP contribution in [0.1, 0.15) is 12.8 Å². The SMILES string of the molecule is O=C(O)CCC=C(C(=O)O)[C@@H](O)C(=O)O. The van der Waals surface area contributed by atoms with Crippen molar-refractivity contribution in [2.24, 2.45) is 0 Å². The summed E-state index contributed by atoms with van der Waals surface area (Å²) in [6.45, 7) is 0. The second-order valence-corrected chi connectivity index (χ2v) is 2.64. The molecule has 0 saturated heterocycles. The van der Waals surface area contributed by atoms with Crippen LogP contribution in [-0.4, -0.2) is 44.4 Å². The van der Waals surface area contributed by atoms with Gasteiger partial charge in [-0.2, -0.15) is 0 Å². The van der Waals surface area contributed by atoms with E-state index in [1.165, 1.54) is 0 Å². The van der Waals surface area contributed by atoms with E-state index in [2.05, 4.69) is 0 Å². The Hall–Kier alpha value is -1.89. The largest absolute Gasteiger partial charge is 0.481 e. The Morgan fingerprint density at radius 3 is 2.00 bits per heavy atom. The molecule has 0 unspecified atom stereocenters. The Morgan fingerprint density at radius 2 is 1.67 bits per heavy atom. The fourth-order valence-electron chi connectivity index (χ4n) is 0.800. The van der Waals surface area contributed by atoms with Crippen molar-refractivity contribution in [3.8, 4) is 0 Å². The summed E-state index contributed by atoms with van der Waals surface area (Å²) in [5, 5.41) is 34.0. The van der Waals surface area contributed by atoms with Crippen LogP contribution in [0.3, 0.4) is 0 Å². The topological polar surface area (TPSA) is 132 Å². The number of aliphatic hydroxyl groups is 1. The number of hydrogen-bond donors (Lipinski definition) is 4. The van der Waals surface area contributed by atoms with Gasteiger partial charge in [0.2, 0.25) is 0 Å². The summed E-state index contributed by atoms with van der Waals surface area (Å²) in [5.41, 5.74) is -0.733. The van der Waals surface area contributed by atoms with Gasteiger partial charge in [0.05, 0.1) is 5.57 Å². The average molecular weight is 218 g/mol. The molecule has 0 rings (SSSR count). The lowest BCUT2D eigenvalue weighted by Crippen LogP contribution is -2.26. The maximum atomic E-state index is 10.5. The van der Waals surface area contributed by atoms with E-state index in [0.29, 0.717) is 0 Å². The van der Waals surface area contributed by atoms with E-state index in [-0.39, 0.29) is 12.8 Å². The summed E-state index contributed by atoms with van der Waals surface area (Å²) in [4.78, 5) is 30.9. The number of rotatable bonds is 6. The Labute approximate surface area is 84.3 Å². The molecule has 0 saturated carbocycles. The molecule has 0 spiro atoms. The Kier molecular flexibility index (Phi) is 5.03. The van der Waals surface area contributed by atoms with Crippen molar-refractivity contribution in [3.05, 3.63) is 11.6 Å². The lowest BCUT2D eigenvalue weighted by Gasteiger charge is -2.05. The first kappa shape index (κ1) is 13.1. The second-order valence-electron chi connectivity index (χ2n) is 2.64. The summed E-state index contributed by atoms with van der Waals surface area (Å²) < 4.78 is 0. The van der Waals surface area contributed by atoms with Crippen LogP contribution in [0.4, 0.5) is 0 Å². The molecule has 15 heavy (non-hydrogen) atoms. The number of carboxylic acid groups (broad SMARTS) is 3. The molecular weight excluding hydrogens is 208 g/mol. The van der Waals surface area contributed by atoms with Crippen LogP contribution >= 0.6 is 0 Å². The molecule has 1 atom stereocenters. The van der Waals surface area contributed by atoms with E-state index >= 15 is 0 Å². The highest BCUT2D eigenvalue weighted by Gasteiger charge is 2.24. The Bertz CT molecular complexity index is 304. The Morgan fingerprint density at radius 1 is 1.13 bits per heavy atom. The van der Waals surface area contributed by atoms with Crippen LogP contribution in [0.2, 0.25) is 0 Å². The highest BCUT2D eigenvalue weighted by atomic mass is 16.4. The third-order valence-electron chi connectivity index (χ3n) is 1.50. The predicted molar refractivity (Wildman–Crippen MR) is 46.2 cm³/mol. The normalized spacial score (nSPS) is 13.3. The van der Waals surface area contributed by atoms with Crippen molar-refractivity contribution in [2.75, 3.05) is 0 Å². The van der Waals surface area contributed by atoms with E-state index in [4.69, 9.17) is 20.4 Å². The van der Waals surface area contributed by atoms with Gasteiger partial charge in [0.25, 0.3) is 0 Å². The van der Waals surface area contributed by atoms with Gasteiger partial charge in [-0.15, -0.1) is 0 Å². The van der Waals surface area contributed by atoms with E-state index in [9.17, 15) is 14.4 Å². The predicted octanol–water partition coefficient (Wildman–Crippen LogP) is -0.692. The molecule has 0 heterocycles. The van der Waals surface area contributed by atoms with Crippen LogP contribution < -0.4 is 0 Å². The molecular formula is C8H10O7. The van der Waals surface area contributed by atoms with Gasteiger partial charge in [-0.05, 0) is 6.42 Å². The van der Waals surface area contributed by atoms with Crippen molar-refractivity contribution < 1.29 is 34.8 Å². The van der Waals surface area contributed by atoms with Gasteiger partial charge in [-0.3, -0.25) is 4.79 Å². The first-order chi connectivity index (χ1) is 6.86. The van der Waals surface area contributed by atoms with Crippen molar-refractivity contribution in [2.45, 2.75) is 18.9 Å². The third kappa shape index (κ3) is 4.77. The average Bonchev–Trinajstić information content (AvgIpc) is 2.10. The lowest BCUT2D eigenvalue weighted by atomic mass is 10.1. The monoisotopic (exact) mass is 218 g/mol. The number of hydrogen-bond acceptors (Lipinski definition) is 4. The molecule has 0 amide bonds. The van der Waals surface area contributed by atoms with Gasteiger partial charge in [0, 0.05) is 6.42 Å².